The minimum Gasteiger partial charge on any atom is -0.310 e. The van der Waals surface area contributed by atoms with Crippen molar-refractivity contribution in [2.45, 2.75) is 44.6 Å². The number of amides is 1. The van der Waals surface area contributed by atoms with Crippen molar-refractivity contribution >= 4 is 23.5 Å². The summed E-state index contributed by atoms with van der Waals surface area (Å²) >= 11 is 1.85. The number of thioether (sulfide) groups is 1. The SMILES string of the molecule is CC[C@@H](C(=O)Nc1c2c(nn1-c1cccc(C)c1C)CSC2)c1ccccc1. The Morgan fingerprint density at radius 1 is 1.14 bits per heavy atom. The molecule has 0 unspecified atom stereocenters. The van der Waals surface area contributed by atoms with Crippen molar-refractivity contribution in [3.8, 4) is 5.69 Å². The van der Waals surface area contributed by atoms with Gasteiger partial charge in [-0.1, -0.05) is 49.4 Å². The van der Waals surface area contributed by atoms with E-state index in [1.54, 1.807) is 0 Å². The molecule has 1 aliphatic heterocycles. The molecule has 4 rings (SSSR count). The number of hydrogen-bond acceptors (Lipinski definition) is 3. The molecule has 2 aromatic carbocycles. The number of anilines is 1. The van der Waals surface area contributed by atoms with Crippen molar-refractivity contribution in [1.82, 2.24) is 9.78 Å². The van der Waals surface area contributed by atoms with Gasteiger partial charge in [0.05, 0.1) is 17.3 Å². The molecule has 28 heavy (non-hydrogen) atoms. The molecule has 5 heteroatoms. The highest BCUT2D eigenvalue weighted by Crippen LogP contribution is 2.37. The van der Waals surface area contributed by atoms with Gasteiger partial charge >= 0.3 is 0 Å². The number of carbonyl (C=O) groups excluding carboxylic acids is 1. The molecular weight excluding hydrogens is 366 g/mol. The minimum absolute atomic E-state index is 0.0276. The summed E-state index contributed by atoms with van der Waals surface area (Å²) in [5.41, 5.74) is 6.71. The summed E-state index contributed by atoms with van der Waals surface area (Å²) < 4.78 is 1.93. The third-order valence-corrected chi connectivity index (χ3v) is 6.49. The van der Waals surface area contributed by atoms with Crippen LogP contribution in [0.5, 0.6) is 0 Å². The summed E-state index contributed by atoms with van der Waals surface area (Å²) in [5, 5.41) is 8.09. The van der Waals surface area contributed by atoms with Gasteiger partial charge in [0, 0.05) is 17.1 Å². The van der Waals surface area contributed by atoms with Gasteiger partial charge in [-0.15, -0.1) is 0 Å². The van der Waals surface area contributed by atoms with E-state index in [0.29, 0.717) is 0 Å². The van der Waals surface area contributed by atoms with Crippen LogP contribution in [0.25, 0.3) is 5.69 Å². The molecule has 3 aromatic rings. The second-order valence-corrected chi connectivity index (χ2v) is 8.24. The Morgan fingerprint density at radius 3 is 2.68 bits per heavy atom. The predicted molar refractivity (Wildman–Crippen MR) is 116 cm³/mol. The third-order valence-electron chi connectivity index (χ3n) is 5.52. The number of rotatable bonds is 5. The van der Waals surface area contributed by atoms with Crippen LogP contribution < -0.4 is 5.32 Å². The van der Waals surface area contributed by atoms with Crippen LogP contribution in [0.4, 0.5) is 5.82 Å². The highest BCUT2D eigenvalue weighted by Gasteiger charge is 2.27. The smallest absolute Gasteiger partial charge is 0.233 e. The molecule has 2 heterocycles. The van der Waals surface area contributed by atoms with Crippen molar-refractivity contribution in [1.29, 1.82) is 0 Å². The topological polar surface area (TPSA) is 46.9 Å². The van der Waals surface area contributed by atoms with Gasteiger partial charge < -0.3 is 5.32 Å². The number of nitrogens with one attached hydrogen (secondary N) is 1. The molecule has 0 fully saturated rings. The molecule has 144 valence electrons. The summed E-state index contributed by atoms with van der Waals surface area (Å²) in [4.78, 5) is 13.2. The Bertz CT molecular complexity index is 1010. The van der Waals surface area contributed by atoms with Crippen LogP contribution in [0.15, 0.2) is 48.5 Å². The lowest BCUT2D eigenvalue weighted by Crippen LogP contribution is -2.23. The summed E-state index contributed by atoms with van der Waals surface area (Å²) in [6, 6.07) is 16.2. The standard InChI is InChI=1S/C23H25N3OS/c1-4-18(17-10-6-5-7-11-17)23(27)24-22-19-13-28-14-20(19)25-26(22)21-12-8-9-15(2)16(21)3/h5-12,18H,4,13-14H2,1-3H3,(H,24,27)/t18-/m1/s1. The Morgan fingerprint density at radius 2 is 1.93 bits per heavy atom. The van der Waals surface area contributed by atoms with Crippen molar-refractivity contribution in [2.75, 3.05) is 5.32 Å². The van der Waals surface area contributed by atoms with Crippen LogP contribution in [-0.2, 0) is 16.3 Å². The summed E-state index contributed by atoms with van der Waals surface area (Å²) in [6.45, 7) is 6.27. The zero-order valence-corrected chi connectivity index (χ0v) is 17.3. The second-order valence-electron chi connectivity index (χ2n) is 7.26. The fourth-order valence-corrected chi connectivity index (χ4v) is 4.78. The van der Waals surface area contributed by atoms with Crippen LogP contribution in [0.1, 0.15) is 47.2 Å². The molecule has 0 spiro atoms. The molecule has 0 saturated heterocycles. The fraction of sp³-hybridized carbons (Fsp3) is 0.304. The van der Waals surface area contributed by atoms with E-state index in [0.717, 1.165) is 46.3 Å². The van der Waals surface area contributed by atoms with E-state index in [4.69, 9.17) is 5.10 Å². The number of fused-ring (bicyclic) bond motifs is 1. The largest absolute Gasteiger partial charge is 0.310 e. The lowest BCUT2D eigenvalue weighted by molar-refractivity contribution is -0.117. The van der Waals surface area contributed by atoms with Crippen LogP contribution in [-0.4, -0.2) is 15.7 Å². The Labute approximate surface area is 170 Å². The van der Waals surface area contributed by atoms with Crippen molar-refractivity contribution in [3.63, 3.8) is 0 Å². The monoisotopic (exact) mass is 391 g/mol. The van der Waals surface area contributed by atoms with Gasteiger partial charge in [0.1, 0.15) is 5.82 Å². The van der Waals surface area contributed by atoms with Crippen molar-refractivity contribution in [2.24, 2.45) is 0 Å². The van der Waals surface area contributed by atoms with Crippen LogP contribution >= 0.6 is 11.8 Å². The van der Waals surface area contributed by atoms with E-state index in [2.05, 4.69) is 38.2 Å². The summed E-state index contributed by atoms with van der Waals surface area (Å²) in [6.07, 6.45) is 0.754. The number of benzene rings is 2. The van der Waals surface area contributed by atoms with Crippen LogP contribution in [0.3, 0.4) is 0 Å². The van der Waals surface area contributed by atoms with Crippen molar-refractivity contribution < 1.29 is 4.79 Å². The zero-order chi connectivity index (χ0) is 19.7. The molecule has 0 aliphatic carbocycles. The van der Waals surface area contributed by atoms with Gasteiger partial charge in [0.15, 0.2) is 0 Å². The maximum atomic E-state index is 13.2. The first-order valence-corrected chi connectivity index (χ1v) is 10.9. The quantitative estimate of drug-likeness (QED) is 0.636. The highest BCUT2D eigenvalue weighted by molar-refractivity contribution is 7.98. The molecule has 1 atom stereocenters. The van der Waals surface area contributed by atoms with Gasteiger partial charge in [-0.25, -0.2) is 4.68 Å². The van der Waals surface area contributed by atoms with Gasteiger partial charge in [-0.3, -0.25) is 4.79 Å². The third kappa shape index (κ3) is 3.35. The molecule has 1 aromatic heterocycles. The Kier molecular flexibility index (Phi) is 5.27. The number of hydrogen-bond donors (Lipinski definition) is 1. The average Bonchev–Trinajstić information content (AvgIpc) is 3.28. The molecule has 0 radical (unpaired) electrons. The minimum atomic E-state index is -0.173. The Balaban J connectivity index is 1.73. The first-order chi connectivity index (χ1) is 13.6. The van der Waals surface area contributed by atoms with E-state index >= 15 is 0 Å². The van der Waals surface area contributed by atoms with Crippen molar-refractivity contribution in [3.05, 3.63) is 76.5 Å². The first kappa shape index (κ1) is 18.8. The predicted octanol–water partition coefficient (Wildman–Crippen LogP) is 5.37. The van der Waals surface area contributed by atoms with E-state index < -0.39 is 0 Å². The summed E-state index contributed by atoms with van der Waals surface area (Å²) in [7, 11) is 0. The second kappa shape index (κ2) is 7.84. The first-order valence-electron chi connectivity index (χ1n) is 9.71. The zero-order valence-electron chi connectivity index (χ0n) is 16.5. The molecule has 1 amide bonds. The van der Waals surface area contributed by atoms with Gasteiger partial charge in [-0.2, -0.15) is 16.9 Å². The molecular formula is C23H25N3OS. The highest BCUT2D eigenvalue weighted by atomic mass is 32.2. The normalized spacial score (nSPS) is 14.0. The lowest BCUT2D eigenvalue weighted by Gasteiger charge is -2.18. The molecule has 1 N–H and O–H groups in total. The Hall–Kier alpha value is -2.53. The molecule has 0 bridgehead atoms. The number of aryl methyl sites for hydroxylation is 1. The van der Waals surface area contributed by atoms with E-state index in [9.17, 15) is 4.79 Å². The molecule has 1 aliphatic rings. The van der Waals surface area contributed by atoms with Crippen LogP contribution in [0.2, 0.25) is 0 Å². The van der Waals surface area contributed by atoms with Gasteiger partial charge in [0.25, 0.3) is 0 Å². The average molecular weight is 392 g/mol. The number of nitrogens with zero attached hydrogens (tertiary/aromatic N) is 2. The van der Waals surface area contributed by atoms with Gasteiger partial charge in [0.2, 0.25) is 5.91 Å². The lowest BCUT2D eigenvalue weighted by atomic mass is 9.95. The molecule has 0 saturated carbocycles. The van der Waals surface area contributed by atoms with Crippen LogP contribution in [0, 0.1) is 13.8 Å². The maximum absolute atomic E-state index is 13.2. The number of aromatic nitrogens is 2. The maximum Gasteiger partial charge on any atom is 0.233 e. The molecule has 4 nitrogen and oxygen atoms in total. The number of carbonyl (C=O) groups is 1. The van der Waals surface area contributed by atoms with E-state index in [1.165, 1.54) is 11.1 Å². The fourth-order valence-electron chi connectivity index (χ4n) is 3.74. The van der Waals surface area contributed by atoms with E-state index in [-0.39, 0.29) is 11.8 Å². The van der Waals surface area contributed by atoms with Gasteiger partial charge in [-0.05, 0) is 43.0 Å². The summed E-state index contributed by atoms with van der Waals surface area (Å²) in [5.74, 6) is 2.46. The van der Waals surface area contributed by atoms with E-state index in [1.807, 2.05) is 52.8 Å².